The van der Waals surface area contributed by atoms with Crippen molar-refractivity contribution in [2.45, 2.75) is 59.1 Å². The molecule has 1 heterocycles. The summed E-state index contributed by atoms with van der Waals surface area (Å²) in [6.07, 6.45) is -1.22. The Morgan fingerprint density at radius 2 is 1.82 bits per heavy atom. The minimum atomic E-state index is -4.56. The van der Waals surface area contributed by atoms with Gasteiger partial charge in [0.15, 0.2) is 0 Å². The Balaban J connectivity index is 2.43. The highest BCUT2D eigenvalue weighted by molar-refractivity contribution is 5.63. The third kappa shape index (κ3) is 5.36. The molecule has 28 heavy (non-hydrogen) atoms. The zero-order valence-corrected chi connectivity index (χ0v) is 16.9. The van der Waals surface area contributed by atoms with Gasteiger partial charge in [0.25, 0.3) is 0 Å². The predicted molar refractivity (Wildman–Crippen MR) is 105 cm³/mol. The molecule has 1 aromatic carbocycles. The van der Waals surface area contributed by atoms with Gasteiger partial charge in [0.1, 0.15) is 5.56 Å². The third-order valence-corrected chi connectivity index (χ3v) is 4.44. The van der Waals surface area contributed by atoms with E-state index in [9.17, 15) is 13.2 Å². The summed E-state index contributed by atoms with van der Waals surface area (Å²) in [6.45, 7) is 8.80. The summed E-state index contributed by atoms with van der Waals surface area (Å²) in [6, 6.07) is 7.79. The van der Waals surface area contributed by atoms with Gasteiger partial charge in [-0.2, -0.15) is 18.2 Å². The van der Waals surface area contributed by atoms with Crippen LogP contribution in [0.2, 0.25) is 0 Å². The molecule has 2 aromatic rings. The molecule has 1 aromatic heterocycles. The van der Waals surface area contributed by atoms with Gasteiger partial charge < -0.3 is 9.64 Å². The standard InChI is InChI=1S/C21H28F3N3O/c1-5-7-10-13-28-19-17(21(22,23)24)14-25-20(26-19)27(6-2)18-12-9-8-11-16(18)15(3)4/h8-9,11-12,14-15H,5-7,10,13H2,1-4H3. The molecule has 0 saturated carbocycles. The zero-order chi connectivity index (χ0) is 20.7. The van der Waals surface area contributed by atoms with E-state index in [0.717, 1.165) is 30.3 Å². The van der Waals surface area contributed by atoms with Crippen LogP contribution in [0.1, 0.15) is 64.0 Å². The fraction of sp³-hybridized carbons (Fsp3) is 0.524. The Morgan fingerprint density at radius 3 is 2.43 bits per heavy atom. The van der Waals surface area contributed by atoms with Crippen LogP contribution in [-0.4, -0.2) is 23.1 Å². The maximum absolute atomic E-state index is 13.4. The molecule has 4 nitrogen and oxygen atoms in total. The quantitative estimate of drug-likeness (QED) is 0.464. The Labute approximate surface area is 164 Å². The van der Waals surface area contributed by atoms with Crippen molar-refractivity contribution in [1.82, 2.24) is 9.97 Å². The molecular weight excluding hydrogens is 367 g/mol. The Morgan fingerprint density at radius 1 is 1.11 bits per heavy atom. The number of rotatable bonds is 9. The van der Waals surface area contributed by atoms with Crippen LogP contribution in [0.25, 0.3) is 0 Å². The van der Waals surface area contributed by atoms with Crippen molar-refractivity contribution < 1.29 is 17.9 Å². The summed E-state index contributed by atoms with van der Waals surface area (Å²) in [4.78, 5) is 9.98. The molecule has 0 spiro atoms. The number of halogens is 3. The molecule has 0 bridgehead atoms. The van der Waals surface area contributed by atoms with Crippen molar-refractivity contribution in [3.63, 3.8) is 0 Å². The first-order valence-corrected chi connectivity index (χ1v) is 9.73. The molecule has 0 radical (unpaired) electrons. The largest absolute Gasteiger partial charge is 0.477 e. The molecule has 0 atom stereocenters. The number of alkyl halides is 3. The van der Waals surface area contributed by atoms with Crippen LogP contribution in [-0.2, 0) is 6.18 Å². The van der Waals surface area contributed by atoms with E-state index >= 15 is 0 Å². The lowest BCUT2D eigenvalue weighted by molar-refractivity contribution is -0.139. The fourth-order valence-corrected chi connectivity index (χ4v) is 2.95. The monoisotopic (exact) mass is 395 g/mol. The van der Waals surface area contributed by atoms with Crippen LogP contribution >= 0.6 is 0 Å². The zero-order valence-electron chi connectivity index (χ0n) is 16.9. The molecule has 0 aliphatic heterocycles. The van der Waals surface area contributed by atoms with Crippen LogP contribution in [0.15, 0.2) is 30.5 Å². The van der Waals surface area contributed by atoms with Gasteiger partial charge >= 0.3 is 6.18 Å². The minimum absolute atomic E-state index is 0.197. The summed E-state index contributed by atoms with van der Waals surface area (Å²) in [5.74, 6) is 0.0487. The summed E-state index contributed by atoms with van der Waals surface area (Å²) in [5, 5.41) is 0. The van der Waals surface area contributed by atoms with E-state index in [2.05, 4.69) is 23.8 Å². The van der Waals surface area contributed by atoms with Gasteiger partial charge in [0, 0.05) is 18.4 Å². The van der Waals surface area contributed by atoms with E-state index in [1.54, 1.807) is 0 Å². The first-order chi connectivity index (χ1) is 13.3. The van der Waals surface area contributed by atoms with Gasteiger partial charge in [-0.1, -0.05) is 51.8 Å². The second kappa shape index (κ2) is 9.75. The van der Waals surface area contributed by atoms with Crippen molar-refractivity contribution >= 4 is 11.6 Å². The summed E-state index contributed by atoms with van der Waals surface area (Å²) in [5.41, 5.74) is 1.02. The van der Waals surface area contributed by atoms with Crippen molar-refractivity contribution in [3.8, 4) is 5.88 Å². The predicted octanol–water partition coefficient (Wildman–Crippen LogP) is 6.35. The van der Waals surface area contributed by atoms with Crippen molar-refractivity contribution in [2.24, 2.45) is 0 Å². The number of para-hydroxylation sites is 1. The molecular formula is C21H28F3N3O. The van der Waals surface area contributed by atoms with E-state index in [4.69, 9.17) is 4.74 Å². The second-order valence-electron chi connectivity index (χ2n) is 6.90. The number of unbranched alkanes of at least 4 members (excludes halogenated alkanes) is 2. The third-order valence-electron chi connectivity index (χ3n) is 4.44. The number of hydrogen-bond donors (Lipinski definition) is 0. The van der Waals surface area contributed by atoms with Gasteiger partial charge in [-0.15, -0.1) is 0 Å². The normalized spacial score (nSPS) is 11.7. The highest BCUT2D eigenvalue weighted by atomic mass is 19.4. The van der Waals surface area contributed by atoms with Crippen molar-refractivity contribution in [2.75, 3.05) is 18.1 Å². The molecule has 0 aliphatic rings. The number of aromatic nitrogens is 2. The first kappa shape index (κ1) is 22.0. The van der Waals surface area contributed by atoms with E-state index in [-0.39, 0.29) is 18.5 Å². The van der Waals surface area contributed by atoms with Gasteiger partial charge in [0.2, 0.25) is 11.8 Å². The molecule has 7 heteroatoms. The van der Waals surface area contributed by atoms with E-state index in [1.807, 2.05) is 43.0 Å². The number of benzene rings is 1. The highest BCUT2D eigenvalue weighted by Gasteiger charge is 2.36. The lowest BCUT2D eigenvalue weighted by Crippen LogP contribution is -2.22. The summed E-state index contributed by atoms with van der Waals surface area (Å²) >= 11 is 0. The molecule has 2 rings (SSSR count). The average molecular weight is 395 g/mol. The van der Waals surface area contributed by atoms with Crippen molar-refractivity contribution in [3.05, 3.63) is 41.6 Å². The lowest BCUT2D eigenvalue weighted by atomic mass is 10.0. The average Bonchev–Trinajstić information content (AvgIpc) is 2.65. The molecule has 154 valence electrons. The van der Waals surface area contributed by atoms with Gasteiger partial charge in [-0.3, -0.25) is 0 Å². The molecule has 0 fully saturated rings. The Bertz CT molecular complexity index is 763. The Hall–Kier alpha value is -2.31. The highest BCUT2D eigenvalue weighted by Crippen LogP contribution is 2.37. The van der Waals surface area contributed by atoms with Crippen LogP contribution in [0.3, 0.4) is 0 Å². The first-order valence-electron chi connectivity index (χ1n) is 9.73. The minimum Gasteiger partial charge on any atom is -0.477 e. The molecule has 0 amide bonds. The van der Waals surface area contributed by atoms with Crippen LogP contribution < -0.4 is 9.64 Å². The van der Waals surface area contributed by atoms with E-state index in [1.165, 1.54) is 0 Å². The maximum Gasteiger partial charge on any atom is 0.423 e. The van der Waals surface area contributed by atoms with Crippen molar-refractivity contribution in [1.29, 1.82) is 0 Å². The lowest BCUT2D eigenvalue weighted by Gasteiger charge is -2.26. The molecule has 0 saturated heterocycles. The topological polar surface area (TPSA) is 38.2 Å². The SMILES string of the molecule is CCCCCOc1nc(N(CC)c2ccccc2C(C)C)ncc1C(F)(F)F. The van der Waals surface area contributed by atoms with Crippen LogP contribution in [0.4, 0.5) is 24.8 Å². The maximum atomic E-state index is 13.4. The number of hydrogen-bond acceptors (Lipinski definition) is 4. The van der Waals surface area contributed by atoms with Crippen LogP contribution in [0.5, 0.6) is 5.88 Å². The number of anilines is 2. The fourth-order valence-electron chi connectivity index (χ4n) is 2.95. The molecule has 0 unspecified atom stereocenters. The number of ether oxygens (including phenoxy) is 1. The summed E-state index contributed by atoms with van der Waals surface area (Å²) in [7, 11) is 0. The van der Waals surface area contributed by atoms with Gasteiger partial charge in [0.05, 0.1) is 6.61 Å². The second-order valence-corrected chi connectivity index (χ2v) is 6.90. The number of nitrogens with zero attached hydrogens (tertiary/aromatic N) is 3. The van der Waals surface area contributed by atoms with Gasteiger partial charge in [-0.25, -0.2) is 4.98 Å². The van der Waals surface area contributed by atoms with Crippen LogP contribution in [0, 0.1) is 0 Å². The summed E-state index contributed by atoms with van der Waals surface area (Å²) < 4.78 is 45.5. The van der Waals surface area contributed by atoms with E-state index in [0.29, 0.717) is 13.0 Å². The molecule has 0 aliphatic carbocycles. The molecule has 0 N–H and O–H groups in total. The van der Waals surface area contributed by atoms with E-state index < -0.39 is 17.6 Å². The smallest absolute Gasteiger partial charge is 0.423 e. The Kier molecular flexibility index (Phi) is 7.66. The van der Waals surface area contributed by atoms with Gasteiger partial charge in [-0.05, 0) is 30.9 Å².